The van der Waals surface area contributed by atoms with Gasteiger partial charge in [-0.25, -0.2) is 0 Å². The lowest BCUT2D eigenvalue weighted by Crippen LogP contribution is -2.47. The van der Waals surface area contributed by atoms with Crippen molar-refractivity contribution in [1.82, 2.24) is 0 Å². The van der Waals surface area contributed by atoms with Crippen molar-refractivity contribution in [3.05, 3.63) is 0 Å². The van der Waals surface area contributed by atoms with Gasteiger partial charge in [0.2, 0.25) is 0 Å². The lowest BCUT2D eigenvalue weighted by molar-refractivity contribution is 0.0779. The first-order valence-electron chi connectivity index (χ1n) is 6.08. The highest BCUT2D eigenvalue weighted by Crippen LogP contribution is 2.60. The zero-order chi connectivity index (χ0) is 8.89. The molecular formula is C12H21N. The Kier molecular flexibility index (Phi) is 1.74. The fraction of sp³-hybridized carbons (Fsp3) is 1.00. The summed E-state index contributed by atoms with van der Waals surface area (Å²) in [5.74, 6) is 1.93. The zero-order valence-corrected chi connectivity index (χ0v) is 8.47. The van der Waals surface area contributed by atoms with E-state index in [9.17, 15) is 0 Å². The summed E-state index contributed by atoms with van der Waals surface area (Å²) in [6.07, 6.45) is 11.7. The van der Waals surface area contributed by atoms with E-state index in [0.717, 1.165) is 11.8 Å². The first-order valence-corrected chi connectivity index (χ1v) is 6.08. The van der Waals surface area contributed by atoms with Crippen molar-refractivity contribution in [2.24, 2.45) is 23.0 Å². The van der Waals surface area contributed by atoms with Crippen molar-refractivity contribution in [1.29, 1.82) is 0 Å². The van der Waals surface area contributed by atoms with Crippen molar-refractivity contribution in [2.75, 3.05) is 0 Å². The van der Waals surface area contributed by atoms with Crippen molar-refractivity contribution < 1.29 is 0 Å². The van der Waals surface area contributed by atoms with E-state index in [0.29, 0.717) is 11.5 Å². The number of hydrogen-bond acceptors (Lipinski definition) is 1. The second kappa shape index (κ2) is 2.73. The molecule has 1 spiro atoms. The summed E-state index contributed by atoms with van der Waals surface area (Å²) in [7, 11) is 0. The molecule has 3 fully saturated rings. The van der Waals surface area contributed by atoms with Crippen LogP contribution < -0.4 is 5.73 Å². The maximum Gasteiger partial charge on any atom is 0.0127 e. The van der Waals surface area contributed by atoms with Crippen LogP contribution in [0.15, 0.2) is 0 Å². The Morgan fingerprint density at radius 2 is 1.77 bits per heavy atom. The molecule has 0 saturated heterocycles. The fourth-order valence-corrected chi connectivity index (χ4v) is 4.56. The number of nitrogens with two attached hydrogens (primary N) is 1. The monoisotopic (exact) mass is 179 g/mol. The lowest BCUT2D eigenvalue weighted by Gasteiger charge is -2.45. The molecule has 0 unspecified atom stereocenters. The fourth-order valence-electron chi connectivity index (χ4n) is 4.56. The number of fused-ring (bicyclic) bond motifs is 3. The van der Waals surface area contributed by atoms with Crippen LogP contribution in [-0.2, 0) is 0 Å². The van der Waals surface area contributed by atoms with Gasteiger partial charge in [-0.05, 0) is 49.4 Å². The summed E-state index contributed by atoms with van der Waals surface area (Å²) in [6, 6.07) is 0.576. The molecule has 3 aliphatic rings. The first kappa shape index (κ1) is 8.28. The smallest absolute Gasteiger partial charge is 0.0127 e. The quantitative estimate of drug-likeness (QED) is 0.608. The lowest BCUT2D eigenvalue weighted by atomic mass is 9.62. The van der Waals surface area contributed by atoms with Gasteiger partial charge in [0.25, 0.3) is 0 Å². The summed E-state index contributed by atoms with van der Waals surface area (Å²) in [5.41, 5.74) is 7.06. The van der Waals surface area contributed by atoms with Crippen molar-refractivity contribution in [3.8, 4) is 0 Å². The predicted octanol–water partition coefficient (Wildman–Crippen LogP) is 2.69. The molecule has 3 saturated carbocycles. The van der Waals surface area contributed by atoms with E-state index >= 15 is 0 Å². The molecule has 74 valence electrons. The van der Waals surface area contributed by atoms with Gasteiger partial charge in [-0.1, -0.05) is 19.3 Å². The second-order valence-electron chi connectivity index (χ2n) is 5.59. The van der Waals surface area contributed by atoms with Crippen LogP contribution in [0.1, 0.15) is 51.4 Å². The molecule has 3 atom stereocenters. The summed E-state index contributed by atoms with van der Waals surface area (Å²) in [6.45, 7) is 0. The summed E-state index contributed by atoms with van der Waals surface area (Å²) in [5, 5.41) is 0. The Morgan fingerprint density at radius 1 is 1.00 bits per heavy atom. The van der Waals surface area contributed by atoms with Crippen LogP contribution in [0.3, 0.4) is 0 Å². The normalized spacial score (nSPS) is 47.3. The molecule has 0 aromatic heterocycles. The van der Waals surface area contributed by atoms with E-state index in [1.807, 2.05) is 0 Å². The largest absolute Gasteiger partial charge is 0.327 e. The van der Waals surface area contributed by atoms with Gasteiger partial charge in [0, 0.05) is 6.04 Å². The molecule has 13 heavy (non-hydrogen) atoms. The molecule has 1 nitrogen and oxygen atoms in total. The third-order valence-electron chi connectivity index (χ3n) is 5.24. The molecule has 0 aromatic carbocycles. The summed E-state index contributed by atoms with van der Waals surface area (Å²) < 4.78 is 0. The molecule has 3 aliphatic carbocycles. The Labute approximate surface area is 81.1 Å². The Morgan fingerprint density at radius 3 is 2.38 bits per heavy atom. The van der Waals surface area contributed by atoms with Crippen LogP contribution in [-0.4, -0.2) is 6.04 Å². The minimum absolute atomic E-state index is 0.576. The van der Waals surface area contributed by atoms with E-state index in [2.05, 4.69) is 0 Å². The van der Waals surface area contributed by atoms with Gasteiger partial charge in [0.1, 0.15) is 0 Å². The average molecular weight is 179 g/mol. The third kappa shape index (κ3) is 0.971. The van der Waals surface area contributed by atoms with E-state index in [4.69, 9.17) is 5.73 Å². The summed E-state index contributed by atoms with van der Waals surface area (Å²) in [4.78, 5) is 0. The van der Waals surface area contributed by atoms with E-state index in [1.165, 1.54) is 51.4 Å². The highest BCUT2D eigenvalue weighted by atomic mass is 14.8. The van der Waals surface area contributed by atoms with Crippen molar-refractivity contribution in [3.63, 3.8) is 0 Å². The van der Waals surface area contributed by atoms with Gasteiger partial charge in [-0.3, -0.25) is 0 Å². The van der Waals surface area contributed by atoms with Gasteiger partial charge < -0.3 is 5.73 Å². The van der Waals surface area contributed by atoms with Gasteiger partial charge in [-0.2, -0.15) is 0 Å². The Balaban J connectivity index is 1.88. The highest BCUT2D eigenvalue weighted by molar-refractivity contribution is 5.09. The highest BCUT2D eigenvalue weighted by Gasteiger charge is 2.55. The molecule has 0 aliphatic heterocycles. The Bertz CT molecular complexity index is 201. The van der Waals surface area contributed by atoms with Gasteiger partial charge >= 0.3 is 0 Å². The van der Waals surface area contributed by atoms with E-state index < -0.39 is 0 Å². The van der Waals surface area contributed by atoms with Gasteiger partial charge in [0.05, 0.1) is 0 Å². The SMILES string of the molecule is N[C@@H]1[C@H]2CC[C@H](C2)C12CCCCC2. The van der Waals surface area contributed by atoms with Gasteiger partial charge in [0.15, 0.2) is 0 Å². The second-order valence-corrected chi connectivity index (χ2v) is 5.59. The van der Waals surface area contributed by atoms with Crippen LogP contribution in [0.4, 0.5) is 0 Å². The minimum atomic E-state index is 0.576. The molecule has 0 heterocycles. The average Bonchev–Trinajstić information content (AvgIpc) is 2.73. The minimum Gasteiger partial charge on any atom is -0.327 e. The molecule has 2 bridgehead atoms. The van der Waals surface area contributed by atoms with Crippen LogP contribution >= 0.6 is 0 Å². The molecule has 0 amide bonds. The molecule has 1 heteroatoms. The molecule has 3 rings (SSSR count). The Hall–Kier alpha value is -0.0400. The molecular weight excluding hydrogens is 158 g/mol. The molecule has 0 radical (unpaired) electrons. The van der Waals surface area contributed by atoms with Crippen LogP contribution in [0.2, 0.25) is 0 Å². The number of hydrogen-bond donors (Lipinski definition) is 1. The molecule has 2 N–H and O–H groups in total. The van der Waals surface area contributed by atoms with Crippen LogP contribution in [0.5, 0.6) is 0 Å². The van der Waals surface area contributed by atoms with Crippen molar-refractivity contribution in [2.45, 2.75) is 57.4 Å². The predicted molar refractivity (Wildman–Crippen MR) is 54.3 cm³/mol. The van der Waals surface area contributed by atoms with E-state index in [1.54, 1.807) is 0 Å². The number of rotatable bonds is 0. The van der Waals surface area contributed by atoms with Crippen LogP contribution in [0, 0.1) is 17.3 Å². The standard InChI is InChI=1S/C12H21N/c13-11-9-4-5-10(8-9)12(11)6-2-1-3-7-12/h9-11H,1-8,13H2/t9-,10+,11+/m0/s1. The van der Waals surface area contributed by atoms with Gasteiger partial charge in [-0.15, -0.1) is 0 Å². The topological polar surface area (TPSA) is 26.0 Å². The maximum atomic E-state index is 6.43. The zero-order valence-electron chi connectivity index (χ0n) is 8.47. The van der Waals surface area contributed by atoms with E-state index in [-0.39, 0.29) is 0 Å². The third-order valence-corrected chi connectivity index (χ3v) is 5.24. The van der Waals surface area contributed by atoms with Crippen molar-refractivity contribution >= 4 is 0 Å². The maximum absolute atomic E-state index is 6.43. The first-order chi connectivity index (χ1) is 6.33. The molecule has 0 aromatic rings. The summed E-state index contributed by atoms with van der Waals surface area (Å²) >= 11 is 0. The van der Waals surface area contributed by atoms with Crippen LogP contribution in [0.25, 0.3) is 0 Å².